The second kappa shape index (κ2) is 6.92. The third-order valence-corrected chi connectivity index (χ3v) is 5.49. The standard InChI is InChI=1S/C18H18N4O4S/c1-22-12-19-20-18(22)13-4-2-5-14(10-13)21-27(23,24)15-6-7-16-17(11-15)26-9-3-8-25-16/h2,4-7,10-12,21H,3,8-9H2,1H3. The molecule has 0 fully saturated rings. The molecule has 4 rings (SSSR count). The third-order valence-electron chi connectivity index (χ3n) is 4.11. The largest absolute Gasteiger partial charge is 0.490 e. The molecule has 9 heteroatoms. The molecule has 0 saturated carbocycles. The number of nitrogens with one attached hydrogen (secondary N) is 1. The van der Waals surface area contributed by atoms with Gasteiger partial charge in [-0.2, -0.15) is 0 Å². The average molecular weight is 386 g/mol. The number of benzene rings is 2. The van der Waals surface area contributed by atoms with E-state index in [0.717, 1.165) is 12.0 Å². The zero-order chi connectivity index (χ0) is 18.9. The average Bonchev–Trinajstić information content (AvgIpc) is 2.94. The molecule has 0 unspecified atom stereocenters. The van der Waals surface area contributed by atoms with Gasteiger partial charge in [0, 0.05) is 30.8 Å². The summed E-state index contributed by atoms with van der Waals surface area (Å²) >= 11 is 0. The lowest BCUT2D eigenvalue weighted by molar-refractivity contribution is 0.297. The molecule has 1 aromatic heterocycles. The van der Waals surface area contributed by atoms with Gasteiger partial charge in [-0.15, -0.1) is 10.2 Å². The quantitative estimate of drug-likeness (QED) is 0.740. The number of fused-ring (bicyclic) bond motifs is 1. The molecule has 2 aromatic carbocycles. The van der Waals surface area contributed by atoms with Crippen molar-refractivity contribution in [3.05, 3.63) is 48.8 Å². The second-order valence-corrected chi connectivity index (χ2v) is 7.79. The van der Waals surface area contributed by atoms with Gasteiger partial charge in [0.2, 0.25) is 0 Å². The highest BCUT2D eigenvalue weighted by atomic mass is 32.2. The van der Waals surface area contributed by atoms with Crippen LogP contribution >= 0.6 is 0 Å². The van der Waals surface area contributed by atoms with Gasteiger partial charge in [-0.25, -0.2) is 8.42 Å². The predicted octanol–water partition coefficient (Wildman–Crippen LogP) is 2.44. The molecule has 8 nitrogen and oxygen atoms in total. The molecule has 3 aromatic rings. The number of rotatable bonds is 4. The molecule has 0 aliphatic carbocycles. The van der Waals surface area contributed by atoms with Crippen LogP contribution in [0.5, 0.6) is 11.5 Å². The minimum atomic E-state index is -3.78. The number of anilines is 1. The Morgan fingerprint density at radius 3 is 2.67 bits per heavy atom. The van der Waals surface area contributed by atoms with E-state index in [9.17, 15) is 8.42 Å². The van der Waals surface area contributed by atoms with Crippen LogP contribution in [-0.2, 0) is 17.1 Å². The molecule has 0 saturated heterocycles. The monoisotopic (exact) mass is 386 g/mol. The molecule has 1 N–H and O–H groups in total. The topological polar surface area (TPSA) is 95.3 Å². The normalized spacial score (nSPS) is 13.8. The Hall–Kier alpha value is -3.07. The smallest absolute Gasteiger partial charge is 0.262 e. The Kier molecular flexibility index (Phi) is 4.44. The van der Waals surface area contributed by atoms with Crippen LogP contribution in [0, 0.1) is 0 Å². The molecule has 0 radical (unpaired) electrons. The molecule has 0 spiro atoms. The Labute approximate surface area is 156 Å². The van der Waals surface area contributed by atoms with Crippen LogP contribution < -0.4 is 14.2 Å². The van der Waals surface area contributed by atoms with Gasteiger partial charge in [0.1, 0.15) is 6.33 Å². The van der Waals surface area contributed by atoms with Gasteiger partial charge < -0.3 is 14.0 Å². The van der Waals surface area contributed by atoms with Gasteiger partial charge >= 0.3 is 0 Å². The van der Waals surface area contributed by atoms with E-state index in [1.165, 1.54) is 12.1 Å². The van der Waals surface area contributed by atoms with E-state index in [-0.39, 0.29) is 4.90 Å². The van der Waals surface area contributed by atoms with Crippen molar-refractivity contribution >= 4 is 15.7 Å². The van der Waals surface area contributed by atoms with Gasteiger partial charge in [0.05, 0.1) is 18.1 Å². The Morgan fingerprint density at radius 1 is 1.07 bits per heavy atom. The molecule has 2 heterocycles. The van der Waals surface area contributed by atoms with E-state index >= 15 is 0 Å². The highest BCUT2D eigenvalue weighted by Crippen LogP contribution is 2.32. The minimum Gasteiger partial charge on any atom is -0.490 e. The molecule has 0 amide bonds. The molecule has 0 atom stereocenters. The minimum absolute atomic E-state index is 0.107. The fourth-order valence-electron chi connectivity index (χ4n) is 2.79. The van der Waals surface area contributed by atoms with Crippen molar-refractivity contribution in [2.24, 2.45) is 7.05 Å². The highest BCUT2D eigenvalue weighted by molar-refractivity contribution is 7.92. The van der Waals surface area contributed by atoms with Gasteiger partial charge in [0.15, 0.2) is 17.3 Å². The summed E-state index contributed by atoms with van der Waals surface area (Å²) in [4.78, 5) is 0.107. The molecule has 27 heavy (non-hydrogen) atoms. The van der Waals surface area contributed by atoms with E-state index in [0.29, 0.717) is 36.2 Å². The Bertz CT molecular complexity index is 1080. The Morgan fingerprint density at radius 2 is 1.89 bits per heavy atom. The van der Waals surface area contributed by atoms with Crippen LogP contribution in [0.3, 0.4) is 0 Å². The second-order valence-electron chi connectivity index (χ2n) is 6.11. The van der Waals surface area contributed by atoms with E-state index < -0.39 is 10.0 Å². The first-order chi connectivity index (χ1) is 13.0. The van der Waals surface area contributed by atoms with E-state index in [1.807, 2.05) is 13.1 Å². The number of aromatic nitrogens is 3. The summed E-state index contributed by atoms with van der Waals surface area (Å²) in [6.07, 6.45) is 2.34. The molecule has 1 aliphatic rings. The lowest BCUT2D eigenvalue weighted by Crippen LogP contribution is -2.13. The third kappa shape index (κ3) is 3.59. The van der Waals surface area contributed by atoms with Crippen LogP contribution in [0.25, 0.3) is 11.4 Å². The lowest BCUT2D eigenvalue weighted by atomic mass is 10.2. The molecular formula is C18H18N4O4S. The zero-order valence-corrected chi connectivity index (χ0v) is 15.4. The van der Waals surface area contributed by atoms with E-state index in [2.05, 4.69) is 14.9 Å². The zero-order valence-electron chi connectivity index (χ0n) is 14.6. The fraction of sp³-hybridized carbons (Fsp3) is 0.222. The predicted molar refractivity (Wildman–Crippen MR) is 99.3 cm³/mol. The molecule has 140 valence electrons. The van der Waals surface area contributed by atoms with Crippen LogP contribution in [0.1, 0.15) is 6.42 Å². The van der Waals surface area contributed by atoms with E-state index in [1.54, 1.807) is 35.2 Å². The van der Waals surface area contributed by atoms with Gasteiger partial charge in [-0.05, 0) is 24.3 Å². The number of hydrogen-bond donors (Lipinski definition) is 1. The summed E-state index contributed by atoms with van der Waals surface area (Å²) in [7, 11) is -1.96. The maximum absolute atomic E-state index is 12.8. The van der Waals surface area contributed by atoms with Gasteiger partial charge in [-0.3, -0.25) is 4.72 Å². The maximum Gasteiger partial charge on any atom is 0.262 e. The number of hydrogen-bond acceptors (Lipinski definition) is 6. The van der Waals surface area contributed by atoms with Crippen molar-refractivity contribution < 1.29 is 17.9 Å². The SMILES string of the molecule is Cn1cnnc1-c1cccc(NS(=O)(=O)c2ccc3c(c2)OCCCO3)c1. The summed E-state index contributed by atoms with van der Waals surface area (Å²) in [5, 5.41) is 7.89. The first kappa shape index (κ1) is 17.3. The van der Waals surface area contributed by atoms with Crippen LogP contribution in [-0.4, -0.2) is 36.4 Å². The molecular weight excluding hydrogens is 368 g/mol. The Balaban J connectivity index is 1.62. The number of aryl methyl sites for hydroxylation is 1. The maximum atomic E-state index is 12.8. The fourth-order valence-corrected chi connectivity index (χ4v) is 3.86. The summed E-state index contributed by atoms with van der Waals surface area (Å²) in [6.45, 7) is 1.04. The van der Waals surface area contributed by atoms with Crippen LogP contribution in [0.15, 0.2) is 53.7 Å². The van der Waals surface area contributed by atoms with Crippen molar-refractivity contribution in [3.63, 3.8) is 0 Å². The lowest BCUT2D eigenvalue weighted by Gasteiger charge is -2.12. The molecule has 0 bridgehead atoms. The van der Waals surface area contributed by atoms with Crippen molar-refractivity contribution in [1.29, 1.82) is 0 Å². The number of ether oxygens (including phenoxy) is 2. The van der Waals surface area contributed by atoms with Crippen molar-refractivity contribution in [1.82, 2.24) is 14.8 Å². The molecule has 1 aliphatic heterocycles. The first-order valence-corrected chi connectivity index (χ1v) is 9.88. The number of nitrogens with zero attached hydrogens (tertiary/aromatic N) is 3. The van der Waals surface area contributed by atoms with Crippen molar-refractivity contribution in [3.8, 4) is 22.9 Å². The van der Waals surface area contributed by atoms with E-state index in [4.69, 9.17) is 9.47 Å². The van der Waals surface area contributed by atoms with Crippen LogP contribution in [0.4, 0.5) is 5.69 Å². The summed E-state index contributed by atoms with van der Waals surface area (Å²) < 4.78 is 41.1. The summed E-state index contributed by atoms with van der Waals surface area (Å²) in [6, 6.07) is 11.6. The first-order valence-electron chi connectivity index (χ1n) is 8.40. The van der Waals surface area contributed by atoms with Gasteiger partial charge in [0.25, 0.3) is 10.0 Å². The summed E-state index contributed by atoms with van der Waals surface area (Å²) in [5.74, 6) is 1.63. The summed E-state index contributed by atoms with van der Waals surface area (Å²) in [5.41, 5.74) is 1.19. The highest BCUT2D eigenvalue weighted by Gasteiger charge is 2.19. The number of sulfonamides is 1. The van der Waals surface area contributed by atoms with Crippen molar-refractivity contribution in [2.75, 3.05) is 17.9 Å². The van der Waals surface area contributed by atoms with Crippen LogP contribution in [0.2, 0.25) is 0 Å². The van der Waals surface area contributed by atoms with Gasteiger partial charge in [-0.1, -0.05) is 12.1 Å². The van der Waals surface area contributed by atoms with Crippen molar-refractivity contribution in [2.45, 2.75) is 11.3 Å².